The third-order valence-electron chi connectivity index (χ3n) is 4.46. The summed E-state index contributed by atoms with van der Waals surface area (Å²) < 4.78 is 3.86. The fraction of sp³-hybridized carbons (Fsp3) is 0.278. The zero-order chi connectivity index (χ0) is 16.8. The molecule has 0 fully saturated rings. The Balaban J connectivity index is 1.79. The fourth-order valence-corrected chi connectivity index (χ4v) is 3.26. The maximum Gasteiger partial charge on any atom is 0.273 e. The zero-order valence-corrected chi connectivity index (χ0v) is 14.0. The molecule has 6 heteroatoms. The number of amides is 1. The Labute approximate surface area is 140 Å². The van der Waals surface area contributed by atoms with Crippen LogP contribution < -0.4 is 0 Å². The first-order valence-electron chi connectivity index (χ1n) is 7.93. The molecule has 0 aromatic carbocycles. The van der Waals surface area contributed by atoms with Gasteiger partial charge >= 0.3 is 0 Å². The van der Waals surface area contributed by atoms with E-state index in [1.807, 2.05) is 50.4 Å². The lowest BCUT2D eigenvalue weighted by Gasteiger charge is -2.21. The van der Waals surface area contributed by atoms with Crippen molar-refractivity contribution >= 4 is 5.91 Å². The number of carbonyl (C=O) groups excluding carboxylic acids is 1. The highest BCUT2D eigenvalue weighted by molar-refractivity contribution is 5.92. The van der Waals surface area contributed by atoms with Crippen molar-refractivity contribution in [1.29, 1.82) is 0 Å². The normalized spacial score (nSPS) is 13.4. The number of hydrogen-bond acceptors (Lipinski definition) is 3. The van der Waals surface area contributed by atoms with Gasteiger partial charge in [0, 0.05) is 49.0 Å². The number of fused-ring (bicyclic) bond motifs is 3. The van der Waals surface area contributed by atoms with Gasteiger partial charge in [0.1, 0.15) is 5.69 Å². The van der Waals surface area contributed by atoms with Gasteiger partial charge in [-0.2, -0.15) is 5.10 Å². The highest BCUT2D eigenvalue weighted by atomic mass is 16.2. The summed E-state index contributed by atoms with van der Waals surface area (Å²) in [7, 11) is 3.91. The summed E-state index contributed by atoms with van der Waals surface area (Å²) in [6, 6.07) is 7.61. The first-order valence-corrected chi connectivity index (χ1v) is 7.93. The van der Waals surface area contributed by atoms with Gasteiger partial charge in [0.2, 0.25) is 0 Å². The molecular weight excluding hydrogens is 302 g/mol. The highest BCUT2D eigenvalue weighted by Crippen LogP contribution is 2.32. The van der Waals surface area contributed by atoms with Crippen LogP contribution in [0.3, 0.4) is 0 Å². The Morgan fingerprint density at radius 1 is 1.17 bits per heavy atom. The lowest BCUT2D eigenvalue weighted by atomic mass is 10.1. The molecule has 1 amide bonds. The van der Waals surface area contributed by atoms with Crippen LogP contribution in [0, 0.1) is 6.92 Å². The number of aryl methyl sites for hydroxylation is 3. The van der Waals surface area contributed by atoms with Crippen LogP contribution in [0.5, 0.6) is 0 Å². The number of aromatic nitrogens is 4. The summed E-state index contributed by atoms with van der Waals surface area (Å²) in [5.74, 6) is -0.0532. The van der Waals surface area contributed by atoms with E-state index >= 15 is 0 Å². The van der Waals surface area contributed by atoms with E-state index in [0.717, 1.165) is 28.2 Å². The van der Waals surface area contributed by atoms with Crippen LogP contribution in [0.25, 0.3) is 11.3 Å². The molecule has 1 aliphatic heterocycles. The molecule has 0 unspecified atom stereocenters. The zero-order valence-electron chi connectivity index (χ0n) is 14.0. The summed E-state index contributed by atoms with van der Waals surface area (Å²) in [6.07, 6.45) is 4.00. The van der Waals surface area contributed by atoms with Gasteiger partial charge in [-0.3, -0.25) is 9.48 Å². The van der Waals surface area contributed by atoms with Crippen LogP contribution >= 0.6 is 0 Å². The molecule has 0 radical (unpaired) electrons. The molecule has 3 aromatic heterocycles. The van der Waals surface area contributed by atoms with Gasteiger partial charge in [-0.25, -0.2) is 4.98 Å². The van der Waals surface area contributed by atoms with Crippen molar-refractivity contribution < 1.29 is 4.79 Å². The quantitative estimate of drug-likeness (QED) is 0.691. The Morgan fingerprint density at radius 2 is 2.00 bits per heavy atom. The van der Waals surface area contributed by atoms with Crippen molar-refractivity contribution in [3.8, 4) is 11.3 Å². The van der Waals surface area contributed by atoms with Gasteiger partial charge in [0.15, 0.2) is 0 Å². The van der Waals surface area contributed by atoms with E-state index in [1.165, 1.54) is 0 Å². The van der Waals surface area contributed by atoms with Gasteiger partial charge < -0.3 is 9.47 Å². The lowest BCUT2D eigenvalue weighted by Crippen LogP contribution is -2.30. The Morgan fingerprint density at radius 3 is 2.79 bits per heavy atom. The van der Waals surface area contributed by atoms with E-state index in [1.54, 1.807) is 10.7 Å². The molecule has 0 atom stereocenters. The van der Waals surface area contributed by atoms with E-state index in [9.17, 15) is 4.79 Å². The molecule has 0 aliphatic carbocycles. The van der Waals surface area contributed by atoms with Crippen molar-refractivity contribution in [2.45, 2.75) is 20.0 Å². The smallest absolute Gasteiger partial charge is 0.273 e. The van der Waals surface area contributed by atoms with Gasteiger partial charge in [-0.15, -0.1) is 0 Å². The molecule has 0 saturated heterocycles. The van der Waals surface area contributed by atoms with E-state index in [-0.39, 0.29) is 5.91 Å². The van der Waals surface area contributed by atoms with Crippen molar-refractivity contribution in [2.24, 2.45) is 14.1 Å². The SMILES string of the molecule is Cc1cccc(C(=O)N2Cc3cn(C)nc3-c3ccn(C)c3C2)n1. The first-order chi connectivity index (χ1) is 11.5. The molecule has 4 heterocycles. The Kier molecular flexibility index (Phi) is 3.26. The molecule has 1 aliphatic rings. The molecule has 4 rings (SSSR count). The maximum absolute atomic E-state index is 13.0. The predicted octanol–water partition coefficient (Wildman–Crippen LogP) is 2.29. The molecule has 0 bridgehead atoms. The van der Waals surface area contributed by atoms with Crippen LogP contribution in [-0.4, -0.2) is 30.1 Å². The molecule has 122 valence electrons. The van der Waals surface area contributed by atoms with Crippen LogP contribution in [-0.2, 0) is 27.2 Å². The minimum atomic E-state index is -0.0532. The van der Waals surface area contributed by atoms with Crippen LogP contribution in [0.15, 0.2) is 36.7 Å². The highest BCUT2D eigenvalue weighted by Gasteiger charge is 2.27. The largest absolute Gasteiger partial charge is 0.352 e. The number of pyridine rings is 1. The van der Waals surface area contributed by atoms with Crippen molar-refractivity contribution in [1.82, 2.24) is 24.2 Å². The van der Waals surface area contributed by atoms with E-state index in [0.29, 0.717) is 18.8 Å². The maximum atomic E-state index is 13.0. The van der Waals surface area contributed by atoms with Crippen LogP contribution in [0.2, 0.25) is 0 Å². The van der Waals surface area contributed by atoms with Crippen LogP contribution in [0.4, 0.5) is 0 Å². The average molecular weight is 321 g/mol. The molecular formula is C18H19N5O. The summed E-state index contributed by atoms with van der Waals surface area (Å²) >= 11 is 0. The first kappa shape index (κ1) is 14.7. The number of nitrogens with zero attached hydrogens (tertiary/aromatic N) is 5. The van der Waals surface area contributed by atoms with Crippen LogP contribution in [0.1, 0.15) is 27.4 Å². The fourth-order valence-electron chi connectivity index (χ4n) is 3.26. The summed E-state index contributed by atoms with van der Waals surface area (Å²) in [5.41, 5.74) is 5.54. The number of carbonyl (C=O) groups is 1. The second-order valence-corrected chi connectivity index (χ2v) is 6.29. The predicted molar refractivity (Wildman–Crippen MR) is 90.2 cm³/mol. The summed E-state index contributed by atoms with van der Waals surface area (Å²) in [6.45, 7) is 2.98. The monoisotopic (exact) mass is 321 g/mol. The third-order valence-corrected chi connectivity index (χ3v) is 4.46. The average Bonchev–Trinajstić information content (AvgIpc) is 3.05. The lowest BCUT2D eigenvalue weighted by molar-refractivity contribution is 0.0722. The van der Waals surface area contributed by atoms with Gasteiger partial charge in [-0.1, -0.05) is 6.07 Å². The minimum Gasteiger partial charge on any atom is -0.352 e. The molecule has 0 spiro atoms. The van der Waals surface area contributed by atoms with Gasteiger partial charge in [0.25, 0.3) is 5.91 Å². The third kappa shape index (κ3) is 2.31. The number of rotatable bonds is 1. The van der Waals surface area contributed by atoms with Crippen molar-refractivity contribution in [2.75, 3.05) is 0 Å². The van der Waals surface area contributed by atoms with E-state index in [2.05, 4.69) is 20.7 Å². The molecule has 24 heavy (non-hydrogen) atoms. The van der Waals surface area contributed by atoms with Crippen molar-refractivity contribution in [3.05, 3.63) is 59.3 Å². The Bertz CT molecular complexity index is 937. The standard InChI is InChI=1S/C18H19N5O/c1-12-5-4-6-15(19-12)18(24)23-10-13-9-22(3)20-17(13)14-7-8-21(2)16(14)11-23/h4-9H,10-11H2,1-3H3. The van der Waals surface area contributed by atoms with Crippen molar-refractivity contribution in [3.63, 3.8) is 0 Å². The van der Waals surface area contributed by atoms with Gasteiger partial charge in [0.05, 0.1) is 18.8 Å². The molecule has 0 N–H and O–H groups in total. The molecule has 3 aromatic rings. The minimum absolute atomic E-state index is 0.0532. The molecule has 0 saturated carbocycles. The second-order valence-electron chi connectivity index (χ2n) is 6.29. The van der Waals surface area contributed by atoms with E-state index in [4.69, 9.17) is 0 Å². The van der Waals surface area contributed by atoms with E-state index < -0.39 is 0 Å². The Hall–Kier alpha value is -2.89. The summed E-state index contributed by atoms with van der Waals surface area (Å²) in [4.78, 5) is 19.2. The second kappa shape index (κ2) is 5.33. The van der Waals surface area contributed by atoms with Gasteiger partial charge in [-0.05, 0) is 25.1 Å². The number of hydrogen-bond donors (Lipinski definition) is 0. The summed E-state index contributed by atoms with van der Waals surface area (Å²) in [5, 5.41) is 4.60. The molecule has 6 nitrogen and oxygen atoms in total. The topological polar surface area (TPSA) is 56.0 Å².